The SMILES string of the molecule is O=C1c2ccccc2C(=O)N1C[C@H]1[C@H](CN2C(=O)c3ccccc3C2=O)[C@H]2C=C[C@@H]1C2. The molecule has 4 amide bonds. The summed E-state index contributed by atoms with van der Waals surface area (Å²) in [6.07, 6.45) is 5.25. The molecule has 2 heterocycles. The number of hydrogen-bond acceptors (Lipinski definition) is 4. The number of hydrogen-bond donors (Lipinski definition) is 0. The highest BCUT2D eigenvalue weighted by Gasteiger charge is 2.49. The minimum atomic E-state index is -0.258. The van der Waals surface area contributed by atoms with Gasteiger partial charge in [0.1, 0.15) is 0 Å². The van der Waals surface area contributed by atoms with E-state index in [9.17, 15) is 19.2 Å². The second-order valence-corrected chi connectivity index (χ2v) is 8.81. The van der Waals surface area contributed by atoms with Crippen LogP contribution in [0.25, 0.3) is 0 Å². The van der Waals surface area contributed by atoms with Crippen LogP contribution < -0.4 is 0 Å². The quantitative estimate of drug-likeness (QED) is 0.572. The van der Waals surface area contributed by atoms with Crippen LogP contribution in [-0.2, 0) is 0 Å². The number of carbonyl (C=O) groups is 4. The highest BCUT2D eigenvalue weighted by molar-refractivity contribution is 6.22. The molecule has 1 saturated carbocycles. The van der Waals surface area contributed by atoms with Gasteiger partial charge < -0.3 is 0 Å². The molecule has 2 aliphatic carbocycles. The van der Waals surface area contributed by atoms with Crippen molar-refractivity contribution in [3.05, 3.63) is 82.9 Å². The Kier molecular flexibility index (Phi) is 3.81. The lowest BCUT2D eigenvalue weighted by Crippen LogP contribution is -2.43. The predicted molar refractivity (Wildman–Crippen MR) is 111 cm³/mol. The predicted octanol–water partition coefficient (Wildman–Crippen LogP) is 3.02. The molecule has 6 nitrogen and oxygen atoms in total. The second kappa shape index (κ2) is 6.48. The van der Waals surface area contributed by atoms with Gasteiger partial charge in [0, 0.05) is 13.1 Å². The summed E-state index contributed by atoms with van der Waals surface area (Å²) in [5.74, 6) is -0.482. The maximum absolute atomic E-state index is 12.9. The minimum absolute atomic E-state index is 0.0292. The van der Waals surface area contributed by atoms with Crippen molar-refractivity contribution in [2.75, 3.05) is 13.1 Å². The van der Waals surface area contributed by atoms with Crippen molar-refractivity contribution in [1.82, 2.24) is 9.80 Å². The molecule has 6 rings (SSSR count). The van der Waals surface area contributed by atoms with E-state index < -0.39 is 0 Å². The number of rotatable bonds is 4. The van der Waals surface area contributed by atoms with Gasteiger partial charge in [-0.25, -0.2) is 0 Å². The topological polar surface area (TPSA) is 74.8 Å². The maximum Gasteiger partial charge on any atom is 0.261 e. The van der Waals surface area contributed by atoms with Crippen LogP contribution in [-0.4, -0.2) is 46.5 Å². The van der Waals surface area contributed by atoms with E-state index in [1.54, 1.807) is 48.5 Å². The molecule has 0 saturated heterocycles. The maximum atomic E-state index is 12.9. The molecular weight excluding hydrogens is 392 g/mol. The molecule has 0 aromatic heterocycles. The van der Waals surface area contributed by atoms with Gasteiger partial charge in [-0.3, -0.25) is 29.0 Å². The fourth-order valence-electron chi connectivity index (χ4n) is 5.80. The van der Waals surface area contributed by atoms with Crippen LogP contribution in [0.3, 0.4) is 0 Å². The normalized spacial score (nSPS) is 28.1. The molecular formula is C25H20N2O4. The molecule has 2 bridgehead atoms. The van der Waals surface area contributed by atoms with Crippen molar-refractivity contribution in [1.29, 1.82) is 0 Å². The summed E-state index contributed by atoms with van der Waals surface area (Å²) in [6, 6.07) is 13.8. The zero-order valence-corrected chi connectivity index (χ0v) is 16.7. The average Bonchev–Trinajstić information content (AvgIpc) is 3.51. The van der Waals surface area contributed by atoms with Gasteiger partial charge in [-0.2, -0.15) is 0 Å². The highest BCUT2D eigenvalue weighted by Crippen LogP contribution is 2.49. The molecule has 0 spiro atoms. The molecule has 6 heteroatoms. The van der Waals surface area contributed by atoms with E-state index in [0.29, 0.717) is 35.3 Å². The van der Waals surface area contributed by atoms with E-state index in [1.165, 1.54) is 9.80 Å². The van der Waals surface area contributed by atoms with Crippen molar-refractivity contribution < 1.29 is 19.2 Å². The monoisotopic (exact) mass is 412 g/mol. The fraction of sp³-hybridized carbons (Fsp3) is 0.280. The molecule has 1 fully saturated rings. The molecule has 0 unspecified atom stereocenters. The van der Waals surface area contributed by atoms with Crippen LogP contribution in [0.5, 0.6) is 0 Å². The van der Waals surface area contributed by atoms with Crippen molar-refractivity contribution in [3.63, 3.8) is 0 Å². The first kappa shape index (κ1) is 18.2. The van der Waals surface area contributed by atoms with E-state index in [4.69, 9.17) is 0 Å². The number of amides is 4. The van der Waals surface area contributed by atoms with Crippen molar-refractivity contribution in [3.8, 4) is 0 Å². The highest BCUT2D eigenvalue weighted by atomic mass is 16.2. The van der Waals surface area contributed by atoms with Crippen molar-refractivity contribution in [2.45, 2.75) is 6.42 Å². The lowest BCUT2D eigenvalue weighted by molar-refractivity contribution is 0.0528. The molecule has 31 heavy (non-hydrogen) atoms. The number of allylic oxidation sites excluding steroid dienone is 2. The zero-order chi connectivity index (χ0) is 21.3. The number of nitrogens with zero attached hydrogens (tertiary/aromatic N) is 2. The van der Waals surface area contributed by atoms with Crippen LogP contribution in [0.15, 0.2) is 60.7 Å². The van der Waals surface area contributed by atoms with Gasteiger partial charge in [-0.15, -0.1) is 0 Å². The Morgan fingerprint density at radius 1 is 0.581 bits per heavy atom. The second-order valence-electron chi connectivity index (χ2n) is 8.81. The third kappa shape index (κ3) is 2.51. The van der Waals surface area contributed by atoms with Crippen LogP contribution in [0.4, 0.5) is 0 Å². The summed E-state index contributed by atoms with van der Waals surface area (Å²) in [7, 11) is 0. The Bertz CT molecular complexity index is 1040. The molecule has 154 valence electrons. The molecule has 0 radical (unpaired) electrons. The van der Waals surface area contributed by atoms with Gasteiger partial charge in [-0.1, -0.05) is 36.4 Å². The summed E-state index contributed by atoms with van der Waals surface area (Å²) in [4.78, 5) is 54.2. The lowest BCUT2D eigenvalue weighted by Gasteiger charge is -2.32. The Morgan fingerprint density at radius 3 is 1.23 bits per heavy atom. The first-order chi connectivity index (χ1) is 15.0. The summed E-state index contributed by atoms with van der Waals surface area (Å²) in [5.41, 5.74) is 1.79. The van der Waals surface area contributed by atoms with Gasteiger partial charge in [0.25, 0.3) is 23.6 Å². The largest absolute Gasteiger partial charge is 0.274 e. The first-order valence-corrected chi connectivity index (χ1v) is 10.6. The third-order valence-corrected chi connectivity index (χ3v) is 7.34. The van der Waals surface area contributed by atoms with Crippen LogP contribution in [0.2, 0.25) is 0 Å². The summed E-state index contributed by atoms with van der Waals surface area (Å²) < 4.78 is 0. The zero-order valence-electron chi connectivity index (χ0n) is 16.7. The van der Waals surface area contributed by atoms with E-state index >= 15 is 0 Å². The lowest BCUT2D eigenvalue weighted by atomic mass is 9.82. The minimum Gasteiger partial charge on any atom is -0.274 e. The van der Waals surface area contributed by atoms with Crippen LogP contribution >= 0.6 is 0 Å². The van der Waals surface area contributed by atoms with Gasteiger partial charge in [-0.05, 0) is 54.4 Å². The molecule has 4 aliphatic rings. The Morgan fingerprint density at radius 2 is 0.903 bits per heavy atom. The van der Waals surface area contributed by atoms with E-state index in [2.05, 4.69) is 12.2 Å². The van der Waals surface area contributed by atoms with Crippen LogP contribution in [0, 0.1) is 23.7 Å². The molecule has 0 N–H and O–H groups in total. The Labute approximate surface area is 179 Å². The third-order valence-electron chi connectivity index (χ3n) is 7.34. The van der Waals surface area contributed by atoms with Crippen molar-refractivity contribution >= 4 is 23.6 Å². The molecule has 2 aliphatic heterocycles. The Hall–Kier alpha value is -3.54. The number of fused-ring (bicyclic) bond motifs is 4. The van der Waals surface area contributed by atoms with E-state index in [0.717, 1.165) is 6.42 Å². The smallest absolute Gasteiger partial charge is 0.261 e. The summed E-state index contributed by atoms with van der Waals surface area (Å²) in [5, 5.41) is 0. The van der Waals surface area contributed by atoms with Gasteiger partial charge in [0.05, 0.1) is 22.3 Å². The number of benzene rings is 2. The molecule has 2 aromatic rings. The summed E-state index contributed by atoms with van der Waals surface area (Å²) in [6.45, 7) is 0.622. The van der Waals surface area contributed by atoms with Crippen molar-refractivity contribution in [2.24, 2.45) is 23.7 Å². The van der Waals surface area contributed by atoms with Gasteiger partial charge in [0.2, 0.25) is 0 Å². The average molecular weight is 412 g/mol. The number of carbonyl (C=O) groups excluding carboxylic acids is 4. The van der Waals surface area contributed by atoms with E-state index in [-0.39, 0.29) is 47.3 Å². The standard InChI is InChI=1S/C25H20N2O4/c28-22-16-5-1-2-6-17(16)23(29)26(22)12-20-14-9-10-15(11-14)21(20)13-27-24(30)18-7-3-4-8-19(18)25(27)31/h1-10,14-15,20-21H,11-13H2/t14-,15+,20-,21-/m1/s1. The Balaban J connectivity index is 1.26. The van der Waals surface area contributed by atoms with Crippen LogP contribution in [0.1, 0.15) is 47.9 Å². The van der Waals surface area contributed by atoms with E-state index in [1.807, 2.05) is 0 Å². The van der Waals surface area contributed by atoms with Gasteiger partial charge >= 0.3 is 0 Å². The molecule has 4 atom stereocenters. The first-order valence-electron chi connectivity index (χ1n) is 10.6. The fourth-order valence-corrected chi connectivity index (χ4v) is 5.80. The molecule has 2 aromatic carbocycles. The summed E-state index contributed by atoms with van der Waals surface area (Å²) >= 11 is 0. The number of imide groups is 2. The van der Waals surface area contributed by atoms with Gasteiger partial charge in [0.15, 0.2) is 0 Å².